The van der Waals surface area contributed by atoms with Crippen molar-refractivity contribution in [2.45, 2.75) is 6.10 Å². The van der Waals surface area contributed by atoms with Gasteiger partial charge in [-0.15, -0.1) is 0 Å². The number of nitrogens with zero attached hydrogens (tertiary/aromatic N) is 1. The number of nitrogens with two attached hydrogens (primary N) is 1. The summed E-state index contributed by atoms with van der Waals surface area (Å²) in [5.74, 6) is -3.75. The van der Waals surface area contributed by atoms with Gasteiger partial charge in [0.25, 0.3) is 5.91 Å². The van der Waals surface area contributed by atoms with E-state index in [1.54, 1.807) is 0 Å². The molecule has 0 aromatic rings. The predicted molar refractivity (Wildman–Crippen MR) is 61.2 cm³/mol. The Balaban J connectivity index is -0.000000980. The monoisotopic (exact) mass is 268 g/mol. The summed E-state index contributed by atoms with van der Waals surface area (Å²) in [4.78, 5) is 32.3. The van der Waals surface area contributed by atoms with Crippen LogP contribution in [0, 0.1) is 0 Å². The van der Waals surface area contributed by atoms with Gasteiger partial charge in [0.1, 0.15) is 19.2 Å². The molecule has 0 aliphatic rings. The summed E-state index contributed by atoms with van der Waals surface area (Å²) in [5.41, 5.74) is 4.98. The molecule has 0 aromatic heterocycles. The molecule has 0 aliphatic heterocycles. The SMILES string of the molecule is NCC(O)C(=O)N(CC(=O)O)CC(=O)O.[NaH].[NaH]. The number of hydrogen-bond donors (Lipinski definition) is 4. The van der Waals surface area contributed by atoms with E-state index >= 15 is 0 Å². The number of aliphatic carboxylic acids is 2. The Morgan fingerprint density at radius 3 is 1.65 bits per heavy atom. The van der Waals surface area contributed by atoms with E-state index in [0.717, 1.165) is 0 Å². The van der Waals surface area contributed by atoms with Gasteiger partial charge in [-0.05, 0) is 0 Å². The van der Waals surface area contributed by atoms with Crippen molar-refractivity contribution in [1.29, 1.82) is 0 Å². The van der Waals surface area contributed by atoms with Crippen molar-refractivity contribution in [2.75, 3.05) is 19.6 Å². The summed E-state index contributed by atoms with van der Waals surface area (Å²) < 4.78 is 0. The summed E-state index contributed by atoms with van der Waals surface area (Å²) in [6.45, 7) is -1.97. The molecule has 1 atom stereocenters. The van der Waals surface area contributed by atoms with Gasteiger partial charge in [-0.2, -0.15) is 0 Å². The number of carbonyl (C=O) groups is 3. The molecule has 1 amide bonds. The molecule has 0 saturated carbocycles. The molecule has 0 rings (SSSR count). The Morgan fingerprint density at radius 2 is 1.41 bits per heavy atom. The fraction of sp³-hybridized carbons (Fsp3) is 0.571. The van der Waals surface area contributed by atoms with Gasteiger partial charge in [0.2, 0.25) is 0 Å². The van der Waals surface area contributed by atoms with Crippen LogP contribution in [-0.4, -0.2) is 123 Å². The average Bonchev–Trinajstić information content (AvgIpc) is 2.13. The van der Waals surface area contributed by atoms with Gasteiger partial charge in [0.15, 0.2) is 0 Å². The molecule has 0 aromatic carbocycles. The van der Waals surface area contributed by atoms with Gasteiger partial charge < -0.3 is 26.0 Å². The first-order chi connectivity index (χ1) is 6.88. The third kappa shape index (κ3) is 9.98. The topological polar surface area (TPSA) is 141 Å². The minimum absolute atomic E-state index is 0. The zero-order valence-electron chi connectivity index (χ0n) is 7.79. The van der Waals surface area contributed by atoms with Crippen molar-refractivity contribution in [3.63, 3.8) is 0 Å². The Morgan fingerprint density at radius 1 is 1.06 bits per heavy atom. The third-order valence-electron chi connectivity index (χ3n) is 1.47. The Bertz CT molecular complexity index is 259. The van der Waals surface area contributed by atoms with E-state index in [2.05, 4.69) is 0 Å². The van der Waals surface area contributed by atoms with Crippen molar-refractivity contribution in [1.82, 2.24) is 4.90 Å². The summed E-state index contributed by atoms with van der Waals surface area (Å²) in [6.07, 6.45) is -1.58. The molecule has 17 heavy (non-hydrogen) atoms. The van der Waals surface area contributed by atoms with Crippen LogP contribution in [0.1, 0.15) is 0 Å². The van der Waals surface area contributed by atoms with Crippen LogP contribution in [0.4, 0.5) is 0 Å². The Kier molecular flexibility index (Phi) is 15.1. The number of carboxylic acids is 2. The number of hydrogen-bond acceptors (Lipinski definition) is 5. The molecule has 0 spiro atoms. The van der Waals surface area contributed by atoms with Crippen molar-refractivity contribution in [3.05, 3.63) is 0 Å². The number of aliphatic hydroxyl groups excluding tert-OH is 1. The van der Waals surface area contributed by atoms with Crippen LogP contribution in [0.25, 0.3) is 0 Å². The second-order valence-corrected chi connectivity index (χ2v) is 2.73. The van der Waals surface area contributed by atoms with Gasteiger partial charge in [-0.1, -0.05) is 0 Å². The van der Waals surface area contributed by atoms with Gasteiger partial charge in [0, 0.05) is 6.54 Å². The van der Waals surface area contributed by atoms with Crippen LogP contribution in [0.2, 0.25) is 0 Å². The molecule has 1 unspecified atom stereocenters. The molecule has 0 bridgehead atoms. The number of amides is 1. The van der Waals surface area contributed by atoms with Crippen LogP contribution in [-0.2, 0) is 14.4 Å². The van der Waals surface area contributed by atoms with Gasteiger partial charge in [0.05, 0.1) is 0 Å². The van der Waals surface area contributed by atoms with Crippen LogP contribution in [0.5, 0.6) is 0 Å². The molecule has 0 fully saturated rings. The fourth-order valence-electron chi connectivity index (χ4n) is 0.850. The van der Waals surface area contributed by atoms with E-state index in [9.17, 15) is 14.4 Å². The summed E-state index contributed by atoms with van der Waals surface area (Å²) in [6, 6.07) is 0. The van der Waals surface area contributed by atoms with Crippen LogP contribution in [0.15, 0.2) is 0 Å². The number of carbonyl (C=O) groups excluding carboxylic acids is 1. The standard InChI is InChI=1S/C7H12N2O6.2Na.2H/c8-1-4(10)7(15)9(2-5(11)12)3-6(13)14;;;;/h4,10H,1-3,8H2,(H,11,12)(H,13,14);;;;. The predicted octanol–water partition coefficient (Wildman–Crippen LogP) is -3.99. The Hall–Kier alpha value is 0.330. The molecule has 90 valence electrons. The van der Waals surface area contributed by atoms with Crippen LogP contribution >= 0.6 is 0 Å². The quantitative estimate of drug-likeness (QED) is 0.360. The zero-order valence-corrected chi connectivity index (χ0v) is 7.79. The van der Waals surface area contributed by atoms with Gasteiger partial charge >= 0.3 is 71.1 Å². The van der Waals surface area contributed by atoms with E-state index in [4.69, 9.17) is 21.1 Å². The molecular formula is C7H14N2Na2O6. The zero-order chi connectivity index (χ0) is 12.0. The van der Waals surface area contributed by atoms with Crippen LogP contribution in [0.3, 0.4) is 0 Å². The molecule has 10 heteroatoms. The third-order valence-corrected chi connectivity index (χ3v) is 1.47. The molecule has 0 saturated heterocycles. The molecule has 5 N–H and O–H groups in total. The summed E-state index contributed by atoms with van der Waals surface area (Å²) in [7, 11) is 0. The van der Waals surface area contributed by atoms with E-state index in [1.807, 2.05) is 0 Å². The summed E-state index contributed by atoms with van der Waals surface area (Å²) in [5, 5.41) is 25.8. The van der Waals surface area contributed by atoms with Crippen LogP contribution < -0.4 is 5.73 Å². The van der Waals surface area contributed by atoms with E-state index < -0.39 is 43.6 Å². The molecule has 0 heterocycles. The first-order valence-corrected chi connectivity index (χ1v) is 3.99. The maximum absolute atomic E-state index is 11.2. The second kappa shape index (κ2) is 11.4. The van der Waals surface area contributed by atoms with Crippen molar-refractivity contribution >= 4 is 77.0 Å². The van der Waals surface area contributed by atoms with Gasteiger partial charge in [-0.25, -0.2) is 0 Å². The summed E-state index contributed by atoms with van der Waals surface area (Å²) >= 11 is 0. The number of rotatable bonds is 6. The van der Waals surface area contributed by atoms with Gasteiger partial charge in [-0.3, -0.25) is 14.4 Å². The minimum atomic E-state index is -1.58. The molecule has 0 radical (unpaired) electrons. The van der Waals surface area contributed by atoms with Crippen molar-refractivity contribution in [3.8, 4) is 0 Å². The first-order valence-electron chi connectivity index (χ1n) is 3.99. The number of carboxylic acid groups (broad SMARTS) is 2. The number of aliphatic hydroxyl groups is 1. The van der Waals surface area contributed by atoms with Crippen molar-refractivity contribution in [2.24, 2.45) is 5.73 Å². The molecule has 8 nitrogen and oxygen atoms in total. The molecule has 0 aliphatic carbocycles. The van der Waals surface area contributed by atoms with E-state index in [1.165, 1.54) is 0 Å². The molecular weight excluding hydrogens is 254 g/mol. The van der Waals surface area contributed by atoms with E-state index in [0.29, 0.717) is 4.90 Å². The second-order valence-electron chi connectivity index (χ2n) is 2.73. The normalized spacial score (nSPS) is 10.5. The Labute approximate surface area is 142 Å². The maximum atomic E-state index is 11.2. The fourth-order valence-corrected chi connectivity index (χ4v) is 0.850. The van der Waals surface area contributed by atoms with E-state index in [-0.39, 0.29) is 59.1 Å². The first kappa shape index (κ1) is 22.5. The average molecular weight is 268 g/mol. The van der Waals surface area contributed by atoms with Crippen molar-refractivity contribution < 1.29 is 29.7 Å².